The zero-order valence-electron chi connectivity index (χ0n) is 13.0. The standard InChI is InChI=1S/C18H20ClNO3/c1-22-11-10-14-6-8-16(9-7-14)23-13-18(21)20-12-15-4-2-3-5-17(15)19/h2-9H,10-13H2,1H3,(H,20,21). The number of methoxy groups -OCH3 is 1. The highest BCUT2D eigenvalue weighted by Gasteiger charge is 2.05. The van der Waals surface area contributed by atoms with Gasteiger partial charge in [-0.15, -0.1) is 0 Å². The maximum absolute atomic E-state index is 11.8. The lowest BCUT2D eigenvalue weighted by atomic mass is 10.1. The quantitative estimate of drug-likeness (QED) is 0.807. The summed E-state index contributed by atoms with van der Waals surface area (Å²) in [5.74, 6) is 0.479. The Balaban J connectivity index is 1.75. The Morgan fingerprint density at radius 1 is 1.13 bits per heavy atom. The summed E-state index contributed by atoms with van der Waals surface area (Å²) >= 11 is 6.04. The van der Waals surface area contributed by atoms with Gasteiger partial charge >= 0.3 is 0 Å². The topological polar surface area (TPSA) is 47.6 Å². The molecule has 0 radical (unpaired) electrons. The van der Waals surface area contributed by atoms with Crippen LogP contribution in [0, 0.1) is 0 Å². The molecule has 23 heavy (non-hydrogen) atoms. The van der Waals surface area contributed by atoms with Gasteiger partial charge in [-0.2, -0.15) is 0 Å². The highest BCUT2D eigenvalue weighted by molar-refractivity contribution is 6.31. The third-order valence-electron chi connectivity index (χ3n) is 3.32. The summed E-state index contributed by atoms with van der Waals surface area (Å²) in [5, 5.41) is 3.42. The molecule has 2 aromatic rings. The van der Waals surface area contributed by atoms with E-state index in [4.69, 9.17) is 21.1 Å². The molecule has 0 heterocycles. The van der Waals surface area contributed by atoms with Gasteiger partial charge in [0.15, 0.2) is 6.61 Å². The highest BCUT2D eigenvalue weighted by Crippen LogP contribution is 2.14. The number of carbonyl (C=O) groups is 1. The SMILES string of the molecule is COCCc1ccc(OCC(=O)NCc2ccccc2Cl)cc1. The molecule has 2 rings (SSSR count). The number of hydrogen-bond donors (Lipinski definition) is 1. The Morgan fingerprint density at radius 2 is 1.87 bits per heavy atom. The molecule has 0 aliphatic carbocycles. The molecule has 0 fully saturated rings. The van der Waals surface area contributed by atoms with Gasteiger partial charge in [-0.1, -0.05) is 41.9 Å². The van der Waals surface area contributed by atoms with Crippen molar-refractivity contribution in [3.8, 4) is 5.75 Å². The molecule has 0 unspecified atom stereocenters. The third kappa shape index (κ3) is 5.93. The van der Waals surface area contributed by atoms with Gasteiger partial charge in [-0.05, 0) is 35.7 Å². The molecule has 0 saturated carbocycles. The molecule has 1 N–H and O–H groups in total. The number of ether oxygens (including phenoxy) is 2. The van der Waals surface area contributed by atoms with Crippen molar-refractivity contribution in [2.45, 2.75) is 13.0 Å². The maximum Gasteiger partial charge on any atom is 0.258 e. The van der Waals surface area contributed by atoms with E-state index in [0.717, 1.165) is 12.0 Å². The number of nitrogens with one attached hydrogen (secondary N) is 1. The lowest BCUT2D eigenvalue weighted by Gasteiger charge is -2.09. The van der Waals surface area contributed by atoms with Crippen LogP contribution >= 0.6 is 11.6 Å². The predicted molar refractivity (Wildman–Crippen MR) is 90.8 cm³/mol. The predicted octanol–water partition coefficient (Wildman–Crippen LogP) is 3.22. The number of hydrogen-bond acceptors (Lipinski definition) is 3. The number of carbonyl (C=O) groups excluding carboxylic acids is 1. The average Bonchev–Trinajstić information content (AvgIpc) is 2.58. The normalized spacial score (nSPS) is 10.3. The summed E-state index contributed by atoms with van der Waals surface area (Å²) in [6.07, 6.45) is 0.856. The van der Waals surface area contributed by atoms with Crippen molar-refractivity contribution in [1.82, 2.24) is 5.32 Å². The van der Waals surface area contributed by atoms with Crippen molar-refractivity contribution in [3.05, 3.63) is 64.7 Å². The first-order valence-electron chi connectivity index (χ1n) is 7.40. The van der Waals surface area contributed by atoms with E-state index >= 15 is 0 Å². The van der Waals surface area contributed by atoms with E-state index in [1.54, 1.807) is 13.2 Å². The molecule has 122 valence electrons. The van der Waals surface area contributed by atoms with E-state index in [0.29, 0.717) is 23.9 Å². The van der Waals surface area contributed by atoms with Crippen LogP contribution in [0.5, 0.6) is 5.75 Å². The molecule has 0 atom stereocenters. The lowest BCUT2D eigenvalue weighted by Crippen LogP contribution is -2.28. The van der Waals surface area contributed by atoms with Gasteiger partial charge < -0.3 is 14.8 Å². The fraction of sp³-hybridized carbons (Fsp3) is 0.278. The fourth-order valence-electron chi connectivity index (χ4n) is 2.01. The first kappa shape index (κ1) is 17.3. The molecular weight excluding hydrogens is 314 g/mol. The Bertz CT molecular complexity index is 628. The van der Waals surface area contributed by atoms with Crippen molar-refractivity contribution in [2.24, 2.45) is 0 Å². The van der Waals surface area contributed by atoms with Crippen LogP contribution in [0.3, 0.4) is 0 Å². The molecule has 0 saturated heterocycles. The van der Waals surface area contributed by atoms with Crippen LogP contribution in [0.1, 0.15) is 11.1 Å². The van der Waals surface area contributed by atoms with Crippen LogP contribution in [-0.4, -0.2) is 26.2 Å². The summed E-state index contributed by atoms with van der Waals surface area (Å²) < 4.78 is 10.5. The monoisotopic (exact) mass is 333 g/mol. The molecule has 0 aliphatic rings. The van der Waals surface area contributed by atoms with E-state index in [9.17, 15) is 4.79 Å². The van der Waals surface area contributed by atoms with Crippen LogP contribution in [0.4, 0.5) is 0 Å². The van der Waals surface area contributed by atoms with E-state index in [1.165, 1.54) is 5.56 Å². The summed E-state index contributed by atoms with van der Waals surface area (Å²) in [6, 6.07) is 15.1. The minimum Gasteiger partial charge on any atom is -0.484 e. The molecular formula is C18H20ClNO3. The van der Waals surface area contributed by atoms with Crippen LogP contribution in [0.15, 0.2) is 48.5 Å². The second-order valence-electron chi connectivity index (χ2n) is 5.04. The summed E-state index contributed by atoms with van der Waals surface area (Å²) in [6.45, 7) is 1.05. The minimum absolute atomic E-state index is 0.0259. The Kier molecular flexibility index (Phi) is 6.91. The van der Waals surface area contributed by atoms with Crippen molar-refractivity contribution >= 4 is 17.5 Å². The van der Waals surface area contributed by atoms with E-state index < -0.39 is 0 Å². The lowest BCUT2D eigenvalue weighted by molar-refractivity contribution is -0.123. The van der Waals surface area contributed by atoms with Crippen LogP contribution in [-0.2, 0) is 22.5 Å². The van der Waals surface area contributed by atoms with Crippen molar-refractivity contribution in [3.63, 3.8) is 0 Å². The van der Waals surface area contributed by atoms with Gasteiger partial charge in [-0.3, -0.25) is 4.79 Å². The third-order valence-corrected chi connectivity index (χ3v) is 3.69. The Labute approximate surface area is 141 Å². The number of rotatable bonds is 8. The van der Waals surface area contributed by atoms with E-state index in [-0.39, 0.29) is 12.5 Å². The first-order chi connectivity index (χ1) is 11.2. The molecule has 0 aliphatic heterocycles. The van der Waals surface area contributed by atoms with Gasteiger partial charge in [0.05, 0.1) is 6.61 Å². The fourth-order valence-corrected chi connectivity index (χ4v) is 2.21. The zero-order valence-corrected chi connectivity index (χ0v) is 13.8. The molecule has 0 bridgehead atoms. The zero-order chi connectivity index (χ0) is 16.5. The van der Waals surface area contributed by atoms with Gasteiger partial charge in [0, 0.05) is 18.7 Å². The maximum atomic E-state index is 11.8. The van der Waals surface area contributed by atoms with Crippen LogP contribution in [0.25, 0.3) is 0 Å². The van der Waals surface area contributed by atoms with Gasteiger partial charge in [0.1, 0.15) is 5.75 Å². The Hall–Kier alpha value is -2.04. The molecule has 5 heteroatoms. The highest BCUT2D eigenvalue weighted by atomic mass is 35.5. The van der Waals surface area contributed by atoms with Crippen LogP contribution in [0.2, 0.25) is 5.02 Å². The largest absolute Gasteiger partial charge is 0.484 e. The molecule has 0 aromatic heterocycles. The van der Waals surface area contributed by atoms with Crippen molar-refractivity contribution < 1.29 is 14.3 Å². The summed E-state index contributed by atoms with van der Waals surface area (Å²) in [5.41, 5.74) is 2.05. The van der Waals surface area contributed by atoms with Gasteiger partial charge in [0.25, 0.3) is 5.91 Å². The number of amides is 1. The van der Waals surface area contributed by atoms with E-state index in [2.05, 4.69) is 5.32 Å². The Morgan fingerprint density at radius 3 is 2.57 bits per heavy atom. The second kappa shape index (κ2) is 9.18. The van der Waals surface area contributed by atoms with Crippen molar-refractivity contribution in [1.29, 1.82) is 0 Å². The van der Waals surface area contributed by atoms with Crippen LogP contribution < -0.4 is 10.1 Å². The smallest absolute Gasteiger partial charge is 0.258 e. The van der Waals surface area contributed by atoms with Crippen molar-refractivity contribution in [2.75, 3.05) is 20.3 Å². The average molecular weight is 334 g/mol. The molecule has 2 aromatic carbocycles. The first-order valence-corrected chi connectivity index (χ1v) is 7.77. The summed E-state index contributed by atoms with van der Waals surface area (Å²) in [7, 11) is 1.68. The molecule has 1 amide bonds. The number of benzene rings is 2. The van der Waals surface area contributed by atoms with E-state index in [1.807, 2.05) is 42.5 Å². The number of halogens is 1. The second-order valence-corrected chi connectivity index (χ2v) is 5.45. The van der Waals surface area contributed by atoms with Gasteiger partial charge in [0.2, 0.25) is 0 Å². The molecule has 0 spiro atoms. The van der Waals surface area contributed by atoms with Gasteiger partial charge in [-0.25, -0.2) is 0 Å². The minimum atomic E-state index is -0.187. The molecule has 4 nitrogen and oxygen atoms in total. The summed E-state index contributed by atoms with van der Waals surface area (Å²) in [4.78, 5) is 11.8.